The highest BCUT2D eigenvalue weighted by molar-refractivity contribution is 6.06. The number of amides is 1. The zero-order chi connectivity index (χ0) is 18.5. The lowest BCUT2D eigenvalue weighted by Crippen LogP contribution is -2.38. The summed E-state index contributed by atoms with van der Waals surface area (Å²) in [6.07, 6.45) is 2.62. The van der Waals surface area contributed by atoms with Crippen molar-refractivity contribution >= 4 is 23.9 Å². The first-order chi connectivity index (χ1) is 12.6. The van der Waals surface area contributed by atoms with Crippen molar-refractivity contribution < 1.29 is 9.53 Å². The fourth-order valence-electron chi connectivity index (χ4n) is 2.84. The predicted molar refractivity (Wildman–Crippen MR) is 100 cm³/mol. The minimum absolute atomic E-state index is 0.0400. The normalized spacial score (nSPS) is 18.2. The Morgan fingerprint density at radius 1 is 1.27 bits per heavy atom. The molecule has 1 atom stereocenters. The summed E-state index contributed by atoms with van der Waals surface area (Å²) in [4.78, 5) is 18.5. The van der Waals surface area contributed by atoms with Crippen LogP contribution in [0.15, 0.2) is 42.5 Å². The van der Waals surface area contributed by atoms with E-state index in [1.54, 1.807) is 41.3 Å². The van der Waals surface area contributed by atoms with E-state index in [2.05, 4.69) is 10.3 Å². The molecule has 0 saturated heterocycles. The van der Waals surface area contributed by atoms with Crippen molar-refractivity contribution in [1.82, 2.24) is 9.88 Å². The number of nitrogens with zero attached hydrogens (tertiary/aromatic N) is 2. The van der Waals surface area contributed by atoms with Crippen molar-refractivity contribution in [1.29, 1.82) is 10.8 Å². The molecule has 1 aromatic heterocycles. The number of hydrogen-bond donors (Lipinski definition) is 3. The molecule has 3 rings (SSSR count). The summed E-state index contributed by atoms with van der Waals surface area (Å²) in [6, 6.07) is 12.2. The van der Waals surface area contributed by atoms with Crippen molar-refractivity contribution in [2.45, 2.75) is 25.8 Å². The van der Waals surface area contributed by atoms with Crippen LogP contribution in [0.3, 0.4) is 0 Å². The maximum Gasteiger partial charge on any atom is 0.260 e. The van der Waals surface area contributed by atoms with Crippen molar-refractivity contribution in [2.75, 3.05) is 11.9 Å². The topological polar surface area (TPSA) is 102 Å². The smallest absolute Gasteiger partial charge is 0.260 e. The Bertz CT molecular complexity index is 836. The molecule has 2 bridgehead atoms. The Balaban J connectivity index is 1.99. The van der Waals surface area contributed by atoms with Crippen molar-refractivity contribution in [3.8, 4) is 5.75 Å². The van der Waals surface area contributed by atoms with Gasteiger partial charge in [0.25, 0.3) is 5.91 Å². The Kier molecular flexibility index (Phi) is 5.26. The number of rotatable bonds is 1. The number of anilines is 1. The summed E-state index contributed by atoms with van der Waals surface area (Å²) < 4.78 is 5.79. The molecule has 1 amide bonds. The van der Waals surface area contributed by atoms with Crippen LogP contribution in [0.5, 0.6) is 5.75 Å². The lowest BCUT2D eigenvalue weighted by atomic mass is 10.1. The highest BCUT2D eigenvalue weighted by Crippen LogP contribution is 2.21. The molecule has 0 radical (unpaired) electrons. The summed E-state index contributed by atoms with van der Waals surface area (Å²) in [5.41, 5.74) is 0.848. The Hall–Kier alpha value is -3.22. The van der Waals surface area contributed by atoms with Gasteiger partial charge in [-0.25, -0.2) is 4.98 Å². The number of hydrogen-bond acceptors (Lipinski definition) is 5. The molecule has 134 valence electrons. The molecule has 26 heavy (non-hydrogen) atoms. The lowest BCUT2D eigenvalue weighted by molar-refractivity contribution is 0.102. The fourth-order valence-corrected chi connectivity index (χ4v) is 2.84. The summed E-state index contributed by atoms with van der Waals surface area (Å²) in [6.45, 7) is 2.42. The molecule has 7 heteroatoms. The first-order valence-electron chi connectivity index (χ1n) is 8.48. The third-order valence-corrected chi connectivity index (χ3v) is 4.26. The van der Waals surface area contributed by atoms with Gasteiger partial charge < -0.3 is 15.0 Å². The number of ether oxygens (including phenoxy) is 1. The number of carbonyl (C=O) groups is 1. The van der Waals surface area contributed by atoms with E-state index in [0.29, 0.717) is 29.4 Å². The van der Waals surface area contributed by atoms with E-state index in [0.717, 1.165) is 19.2 Å². The second-order valence-corrected chi connectivity index (χ2v) is 6.08. The molecule has 1 aliphatic rings. The van der Waals surface area contributed by atoms with Gasteiger partial charge in [0.15, 0.2) is 5.84 Å². The maximum absolute atomic E-state index is 12.6. The van der Waals surface area contributed by atoms with Gasteiger partial charge in [-0.15, -0.1) is 0 Å². The van der Waals surface area contributed by atoms with E-state index in [4.69, 9.17) is 15.6 Å². The largest absolute Gasteiger partial charge is 0.493 e. The number of fused-ring (bicyclic) bond motifs is 3. The van der Waals surface area contributed by atoms with Crippen LogP contribution in [0.1, 0.15) is 35.8 Å². The minimum Gasteiger partial charge on any atom is -0.493 e. The number of carbonyl (C=O) groups excluding carboxylic acids is 1. The van der Waals surface area contributed by atoms with Gasteiger partial charge in [-0.2, -0.15) is 0 Å². The highest BCUT2D eigenvalue weighted by atomic mass is 16.5. The quantitative estimate of drug-likeness (QED) is 0.542. The third-order valence-electron chi connectivity index (χ3n) is 4.26. The maximum atomic E-state index is 12.6. The van der Waals surface area contributed by atoms with Gasteiger partial charge in [0.2, 0.25) is 0 Å². The van der Waals surface area contributed by atoms with Gasteiger partial charge in [-0.1, -0.05) is 18.2 Å². The average Bonchev–Trinajstić information content (AvgIpc) is 2.65. The van der Waals surface area contributed by atoms with Gasteiger partial charge >= 0.3 is 0 Å². The minimum atomic E-state index is -0.314. The summed E-state index contributed by atoms with van der Waals surface area (Å²) in [5.74, 6) is 0.692. The van der Waals surface area contributed by atoms with Crippen LogP contribution >= 0.6 is 0 Å². The molecule has 1 aliphatic heterocycles. The zero-order valence-corrected chi connectivity index (χ0v) is 14.5. The van der Waals surface area contributed by atoms with Crippen LogP contribution in [0.2, 0.25) is 0 Å². The molecule has 0 aliphatic carbocycles. The molecule has 1 unspecified atom stereocenters. The first-order valence-corrected chi connectivity index (χ1v) is 8.48. The number of benzene rings is 1. The van der Waals surface area contributed by atoms with Gasteiger partial charge in [0.05, 0.1) is 18.5 Å². The summed E-state index contributed by atoms with van der Waals surface area (Å²) in [7, 11) is 0. The highest BCUT2D eigenvalue weighted by Gasteiger charge is 2.20. The molecule has 0 spiro atoms. The predicted octanol–water partition coefficient (Wildman–Crippen LogP) is 3.13. The van der Waals surface area contributed by atoms with Crippen LogP contribution in [-0.2, 0) is 0 Å². The molecule has 2 heterocycles. The number of para-hydroxylation sites is 1. The molecular formula is C19H21N5O2. The Labute approximate surface area is 152 Å². The lowest BCUT2D eigenvalue weighted by Gasteiger charge is -2.27. The SMILES string of the molecule is CC1CCCOc2ccccc2C(=O)Nc2cccc(n2)C(=N)N1C=N. The summed E-state index contributed by atoms with van der Waals surface area (Å²) in [5, 5.41) is 18.8. The molecule has 3 N–H and O–H groups in total. The van der Waals surface area contributed by atoms with Crippen molar-refractivity contribution in [3.05, 3.63) is 53.7 Å². The monoisotopic (exact) mass is 351 g/mol. The van der Waals surface area contributed by atoms with Crippen LogP contribution in [0, 0.1) is 10.8 Å². The van der Waals surface area contributed by atoms with E-state index in [1.165, 1.54) is 0 Å². The molecule has 0 saturated carbocycles. The van der Waals surface area contributed by atoms with Crippen LogP contribution in [0.25, 0.3) is 0 Å². The molecule has 1 aromatic carbocycles. The van der Waals surface area contributed by atoms with Crippen LogP contribution in [-0.4, -0.2) is 40.6 Å². The second kappa shape index (κ2) is 7.77. The Morgan fingerprint density at radius 2 is 2.08 bits per heavy atom. The number of pyridine rings is 1. The van der Waals surface area contributed by atoms with Crippen molar-refractivity contribution in [3.63, 3.8) is 0 Å². The van der Waals surface area contributed by atoms with E-state index in [1.807, 2.05) is 13.0 Å². The third kappa shape index (κ3) is 3.72. The average molecular weight is 351 g/mol. The van der Waals surface area contributed by atoms with Crippen LogP contribution in [0.4, 0.5) is 5.82 Å². The van der Waals surface area contributed by atoms with Gasteiger partial charge in [-0.3, -0.25) is 15.6 Å². The standard InChI is InChI=1S/C19H21N5O2/c1-13-6-5-11-26-16-9-3-2-7-14(16)19(25)23-17-10-4-8-15(22-17)18(21)24(13)12-20/h2-4,7-10,12-13,20-21H,5-6,11H2,1H3,(H,22,23,25). The number of nitrogens with one attached hydrogen (secondary N) is 3. The van der Waals surface area contributed by atoms with Crippen molar-refractivity contribution in [2.24, 2.45) is 0 Å². The molecular weight excluding hydrogens is 330 g/mol. The summed E-state index contributed by atoms with van der Waals surface area (Å²) >= 11 is 0. The van der Waals surface area contributed by atoms with Gasteiger partial charge in [0.1, 0.15) is 17.3 Å². The molecule has 7 nitrogen and oxygen atoms in total. The Morgan fingerprint density at radius 3 is 2.88 bits per heavy atom. The zero-order valence-electron chi connectivity index (χ0n) is 14.5. The van der Waals surface area contributed by atoms with E-state index >= 15 is 0 Å². The van der Waals surface area contributed by atoms with E-state index in [9.17, 15) is 4.79 Å². The van der Waals surface area contributed by atoms with Gasteiger partial charge in [0, 0.05) is 6.04 Å². The number of aromatic nitrogens is 1. The van der Waals surface area contributed by atoms with Crippen LogP contribution < -0.4 is 10.1 Å². The molecule has 2 aromatic rings. The second-order valence-electron chi connectivity index (χ2n) is 6.08. The fraction of sp³-hybridized carbons (Fsp3) is 0.263. The molecule has 0 fully saturated rings. The number of amidine groups is 1. The van der Waals surface area contributed by atoms with Gasteiger partial charge in [-0.05, 0) is 44.0 Å². The van der Waals surface area contributed by atoms with E-state index < -0.39 is 0 Å². The first kappa shape index (κ1) is 17.6. The van der Waals surface area contributed by atoms with E-state index in [-0.39, 0.29) is 17.8 Å².